The molecule has 70 valence electrons. The first-order valence-electron chi connectivity index (χ1n) is 3.55. The molecule has 2 N–H and O–H groups in total. The zero-order chi connectivity index (χ0) is 9.84. The molecule has 1 heterocycles. The van der Waals surface area contributed by atoms with Crippen LogP contribution in [0.1, 0.15) is 17.4 Å². The first kappa shape index (κ1) is 9.24. The molecular formula is C7H8N2O4. The van der Waals surface area contributed by atoms with E-state index in [2.05, 4.69) is 15.0 Å². The Balaban J connectivity index is 2.56. The van der Waals surface area contributed by atoms with Crippen LogP contribution in [0, 0.1) is 0 Å². The summed E-state index contributed by atoms with van der Waals surface area (Å²) in [7, 11) is 0. The van der Waals surface area contributed by atoms with Gasteiger partial charge >= 0.3 is 5.97 Å². The number of aliphatic carboxylic acids is 1. The lowest BCUT2D eigenvalue weighted by molar-refractivity contribution is -0.138. The minimum atomic E-state index is -1.10. The number of carbonyl (C=O) groups is 2. The van der Waals surface area contributed by atoms with Crippen molar-refractivity contribution >= 4 is 11.9 Å². The molecule has 1 atom stereocenters. The Morgan fingerprint density at radius 2 is 2.38 bits per heavy atom. The molecule has 0 aliphatic heterocycles. The molecule has 0 saturated heterocycles. The summed E-state index contributed by atoms with van der Waals surface area (Å²) in [6.07, 6.45) is 1.24. The van der Waals surface area contributed by atoms with Gasteiger partial charge in [-0.05, 0) is 6.92 Å². The number of hydrogen-bond donors (Lipinski definition) is 2. The van der Waals surface area contributed by atoms with E-state index in [1.165, 1.54) is 19.3 Å². The fourth-order valence-electron chi connectivity index (χ4n) is 0.662. The van der Waals surface area contributed by atoms with Crippen molar-refractivity contribution < 1.29 is 19.2 Å². The number of aromatic nitrogens is 1. The number of hydrogen-bond acceptors (Lipinski definition) is 4. The van der Waals surface area contributed by atoms with Crippen LogP contribution in [0.5, 0.6) is 0 Å². The van der Waals surface area contributed by atoms with Gasteiger partial charge in [-0.3, -0.25) is 9.59 Å². The molecule has 0 bridgehead atoms. The number of carbonyl (C=O) groups excluding carboxylic acids is 1. The summed E-state index contributed by atoms with van der Waals surface area (Å²) < 4.78 is 4.42. The van der Waals surface area contributed by atoms with Gasteiger partial charge in [0.1, 0.15) is 12.3 Å². The highest BCUT2D eigenvalue weighted by atomic mass is 16.5. The average Bonchev–Trinajstić information content (AvgIpc) is 2.55. The minimum absolute atomic E-state index is 0.0631. The van der Waals surface area contributed by atoms with Crippen LogP contribution >= 0.6 is 0 Å². The molecule has 1 rings (SSSR count). The van der Waals surface area contributed by atoms with Crippen LogP contribution in [0.2, 0.25) is 0 Å². The predicted molar refractivity (Wildman–Crippen MR) is 41.1 cm³/mol. The summed E-state index contributed by atoms with van der Waals surface area (Å²) >= 11 is 0. The lowest BCUT2D eigenvalue weighted by atomic mass is 10.3. The Hall–Kier alpha value is -1.85. The molecule has 0 saturated carbocycles. The van der Waals surface area contributed by atoms with E-state index in [9.17, 15) is 9.59 Å². The number of carboxylic acid groups (broad SMARTS) is 1. The fraction of sp³-hybridized carbons (Fsp3) is 0.286. The summed E-state index contributed by atoms with van der Waals surface area (Å²) in [5.74, 6) is -1.67. The summed E-state index contributed by atoms with van der Waals surface area (Å²) in [5, 5.41) is 14.0. The van der Waals surface area contributed by atoms with E-state index in [1.807, 2.05) is 0 Å². The summed E-state index contributed by atoms with van der Waals surface area (Å²) in [6, 6.07) is 0.411. The second kappa shape index (κ2) is 3.70. The van der Waals surface area contributed by atoms with Crippen molar-refractivity contribution in [3.05, 3.63) is 18.0 Å². The molecule has 1 unspecified atom stereocenters. The molecule has 0 aliphatic carbocycles. The molecule has 1 aromatic heterocycles. The molecular weight excluding hydrogens is 176 g/mol. The molecule has 0 fully saturated rings. The van der Waals surface area contributed by atoms with Crippen molar-refractivity contribution in [2.24, 2.45) is 0 Å². The van der Waals surface area contributed by atoms with Gasteiger partial charge < -0.3 is 14.9 Å². The number of nitrogens with one attached hydrogen (secondary N) is 1. The maximum atomic E-state index is 11.1. The van der Waals surface area contributed by atoms with Gasteiger partial charge in [0.2, 0.25) is 0 Å². The summed E-state index contributed by atoms with van der Waals surface area (Å²) in [4.78, 5) is 21.5. The summed E-state index contributed by atoms with van der Waals surface area (Å²) in [5.41, 5.74) is 0.0631. The highest BCUT2D eigenvalue weighted by molar-refractivity contribution is 5.94. The topological polar surface area (TPSA) is 92.4 Å². The van der Waals surface area contributed by atoms with Crippen LogP contribution in [0.3, 0.4) is 0 Å². The molecule has 6 nitrogen and oxygen atoms in total. The Kier molecular flexibility index (Phi) is 2.63. The molecule has 6 heteroatoms. The van der Waals surface area contributed by atoms with Gasteiger partial charge in [-0.1, -0.05) is 5.16 Å². The Morgan fingerprint density at radius 3 is 2.85 bits per heavy atom. The molecule has 0 spiro atoms. The van der Waals surface area contributed by atoms with E-state index in [-0.39, 0.29) is 5.69 Å². The van der Waals surface area contributed by atoms with E-state index < -0.39 is 17.9 Å². The standard InChI is InChI=1S/C7H8N2O4/c1-4(7(11)12)8-6(10)5-2-3-13-9-5/h2-4H,1H3,(H,8,10)(H,11,12). The zero-order valence-electron chi connectivity index (χ0n) is 6.85. The highest BCUT2D eigenvalue weighted by Crippen LogP contribution is 1.94. The van der Waals surface area contributed by atoms with E-state index in [4.69, 9.17) is 5.11 Å². The largest absolute Gasteiger partial charge is 0.480 e. The third-order valence-electron chi connectivity index (χ3n) is 1.39. The quantitative estimate of drug-likeness (QED) is 0.683. The van der Waals surface area contributed by atoms with Crippen molar-refractivity contribution in [3.8, 4) is 0 Å². The van der Waals surface area contributed by atoms with E-state index in [1.54, 1.807) is 0 Å². The van der Waals surface area contributed by atoms with Crippen molar-refractivity contribution in [1.82, 2.24) is 10.5 Å². The van der Waals surface area contributed by atoms with Gasteiger partial charge in [-0.2, -0.15) is 0 Å². The van der Waals surface area contributed by atoms with E-state index >= 15 is 0 Å². The van der Waals surface area contributed by atoms with Gasteiger partial charge in [0.05, 0.1) is 0 Å². The Bertz CT molecular complexity index is 306. The minimum Gasteiger partial charge on any atom is -0.480 e. The predicted octanol–water partition coefficient (Wildman–Crippen LogP) is -0.123. The van der Waals surface area contributed by atoms with Crippen molar-refractivity contribution in [2.75, 3.05) is 0 Å². The average molecular weight is 184 g/mol. The Morgan fingerprint density at radius 1 is 1.69 bits per heavy atom. The van der Waals surface area contributed by atoms with E-state index in [0.29, 0.717) is 0 Å². The number of rotatable bonds is 3. The Labute approximate surface area is 73.5 Å². The molecule has 1 amide bonds. The van der Waals surface area contributed by atoms with Crippen LogP contribution in [0.25, 0.3) is 0 Å². The van der Waals surface area contributed by atoms with Gasteiger partial charge in [0, 0.05) is 6.07 Å². The third kappa shape index (κ3) is 2.29. The first-order chi connectivity index (χ1) is 6.11. The molecule has 0 radical (unpaired) electrons. The van der Waals surface area contributed by atoms with Gasteiger partial charge in [0.25, 0.3) is 5.91 Å². The van der Waals surface area contributed by atoms with E-state index in [0.717, 1.165) is 0 Å². The molecule has 0 aromatic carbocycles. The summed E-state index contributed by atoms with van der Waals surface area (Å²) in [6.45, 7) is 1.36. The normalized spacial score (nSPS) is 12.1. The SMILES string of the molecule is CC(NC(=O)c1ccon1)C(=O)O. The van der Waals surface area contributed by atoms with Crippen LogP contribution < -0.4 is 5.32 Å². The van der Waals surface area contributed by atoms with Crippen LogP contribution in [0.15, 0.2) is 16.9 Å². The molecule has 1 aromatic rings. The molecule has 13 heavy (non-hydrogen) atoms. The second-order valence-corrected chi connectivity index (χ2v) is 2.42. The van der Waals surface area contributed by atoms with Crippen LogP contribution in [-0.4, -0.2) is 28.2 Å². The lowest BCUT2D eigenvalue weighted by Gasteiger charge is -2.06. The number of carboxylic acids is 1. The number of nitrogens with zero attached hydrogens (tertiary/aromatic N) is 1. The zero-order valence-corrected chi connectivity index (χ0v) is 6.85. The van der Waals surface area contributed by atoms with Crippen LogP contribution in [-0.2, 0) is 4.79 Å². The second-order valence-electron chi connectivity index (χ2n) is 2.42. The first-order valence-corrected chi connectivity index (χ1v) is 3.55. The number of amides is 1. The lowest BCUT2D eigenvalue weighted by Crippen LogP contribution is -2.38. The maximum absolute atomic E-state index is 11.1. The fourth-order valence-corrected chi connectivity index (χ4v) is 0.662. The third-order valence-corrected chi connectivity index (χ3v) is 1.39. The van der Waals surface area contributed by atoms with Crippen molar-refractivity contribution in [1.29, 1.82) is 0 Å². The monoisotopic (exact) mass is 184 g/mol. The molecule has 0 aliphatic rings. The van der Waals surface area contributed by atoms with Gasteiger partial charge in [-0.25, -0.2) is 0 Å². The smallest absolute Gasteiger partial charge is 0.325 e. The van der Waals surface area contributed by atoms with Crippen molar-refractivity contribution in [3.63, 3.8) is 0 Å². The van der Waals surface area contributed by atoms with Crippen molar-refractivity contribution in [2.45, 2.75) is 13.0 Å². The maximum Gasteiger partial charge on any atom is 0.325 e. The van der Waals surface area contributed by atoms with Gasteiger partial charge in [0.15, 0.2) is 5.69 Å². The highest BCUT2D eigenvalue weighted by Gasteiger charge is 2.16. The van der Waals surface area contributed by atoms with Crippen LogP contribution in [0.4, 0.5) is 0 Å². The van der Waals surface area contributed by atoms with Gasteiger partial charge in [-0.15, -0.1) is 0 Å².